The van der Waals surface area contributed by atoms with Crippen molar-refractivity contribution in [3.63, 3.8) is 0 Å². The van der Waals surface area contributed by atoms with Crippen molar-refractivity contribution in [3.8, 4) is 0 Å². The van der Waals surface area contributed by atoms with Gasteiger partial charge in [-0.3, -0.25) is 0 Å². The molecule has 1 aromatic carbocycles. The Morgan fingerprint density at radius 1 is 1.44 bits per heavy atom. The molecule has 0 saturated carbocycles. The van der Waals surface area contributed by atoms with Gasteiger partial charge in [-0.05, 0) is 17.7 Å². The number of carbonyl (C=O) groups excluding carboxylic acids is 1. The number of nitrogens with zero attached hydrogens (tertiary/aromatic N) is 1. The second-order valence-corrected chi connectivity index (χ2v) is 4.58. The van der Waals surface area contributed by atoms with Crippen molar-refractivity contribution in [3.05, 3.63) is 33.8 Å². The molecule has 94 valence electrons. The molecule has 0 aromatic heterocycles. The summed E-state index contributed by atoms with van der Waals surface area (Å²) < 4.78 is 0. The van der Waals surface area contributed by atoms with Crippen LogP contribution < -0.4 is 5.32 Å². The summed E-state index contributed by atoms with van der Waals surface area (Å²) in [7, 11) is 0. The fraction of sp³-hybridized carbons (Fsp3) is 0.182. The standard InChI is InChI=1S/C11H8Cl2N2O3/c12-5-1-2-6(7(13)3-5)8-4-9(10(16)17)15-11(18)14-8/h1-3,8H,4H2,(H,14,18)(H,16,17). The Hall–Kier alpha value is -1.59. The second kappa shape index (κ2) is 4.96. The van der Waals surface area contributed by atoms with E-state index in [4.69, 9.17) is 28.3 Å². The topological polar surface area (TPSA) is 78.8 Å². The lowest BCUT2D eigenvalue weighted by Gasteiger charge is -2.22. The highest BCUT2D eigenvalue weighted by Crippen LogP contribution is 2.29. The molecule has 1 unspecified atom stereocenters. The van der Waals surface area contributed by atoms with E-state index in [0.29, 0.717) is 15.6 Å². The number of aliphatic carboxylic acids is 1. The average Bonchev–Trinajstić information content (AvgIpc) is 2.27. The molecule has 0 radical (unpaired) electrons. The highest BCUT2D eigenvalue weighted by molar-refractivity contribution is 6.38. The van der Waals surface area contributed by atoms with E-state index in [0.717, 1.165) is 0 Å². The van der Waals surface area contributed by atoms with E-state index < -0.39 is 18.0 Å². The van der Waals surface area contributed by atoms with Crippen molar-refractivity contribution >= 4 is 40.9 Å². The molecule has 1 aliphatic rings. The summed E-state index contributed by atoms with van der Waals surface area (Å²) in [6.07, 6.45) is 0.0857. The number of carbonyl (C=O) groups is 2. The summed E-state index contributed by atoms with van der Waals surface area (Å²) in [5.74, 6) is -1.21. The molecule has 1 heterocycles. The quantitative estimate of drug-likeness (QED) is 0.877. The van der Waals surface area contributed by atoms with Crippen LogP contribution in [0.3, 0.4) is 0 Å². The van der Waals surface area contributed by atoms with Gasteiger partial charge in [-0.25, -0.2) is 9.59 Å². The largest absolute Gasteiger partial charge is 0.477 e. The number of nitrogens with one attached hydrogen (secondary N) is 1. The van der Waals surface area contributed by atoms with Gasteiger partial charge in [-0.1, -0.05) is 29.3 Å². The number of amides is 2. The Morgan fingerprint density at radius 3 is 2.78 bits per heavy atom. The van der Waals surface area contributed by atoms with Gasteiger partial charge in [-0.15, -0.1) is 0 Å². The van der Waals surface area contributed by atoms with E-state index in [1.807, 2.05) is 0 Å². The number of aliphatic imine (C=N–C) groups is 1. The van der Waals surface area contributed by atoms with Gasteiger partial charge in [0.1, 0.15) is 5.71 Å². The molecule has 2 rings (SSSR count). The van der Waals surface area contributed by atoms with Gasteiger partial charge in [0.05, 0.1) is 6.04 Å². The van der Waals surface area contributed by atoms with Crippen molar-refractivity contribution in [2.75, 3.05) is 0 Å². The lowest BCUT2D eigenvalue weighted by Crippen LogP contribution is -2.36. The van der Waals surface area contributed by atoms with Gasteiger partial charge >= 0.3 is 12.0 Å². The van der Waals surface area contributed by atoms with Crippen molar-refractivity contribution in [2.24, 2.45) is 4.99 Å². The third-order valence-electron chi connectivity index (χ3n) is 2.52. The number of urea groups is 1. The molecule has 18 heavy (non-hydrogen) atoms. The molecule has 7 heteroatoms. The van der Waals surface area contributed by atoms with E-state index >= 15 is 0 Å². The molecule has 5 nitrogen and oxygen atoms in total. The predicted octanol–water partition coefficient (Wildman–Crippen LogP) is 2.67. The number of carboxylic acid groups (broad SMARTS) is 1. The van der Waals surface area contributed by atoms with Gasteiger partial charge in [0.2, 0.25) is 0 Å². The van der Waals surface area contributed by atoms with Crippen molar-refractivity contribution in [1.29, 1.82) is 0 Å². The van der Waals surface area contributed by atoms with Crippen LogP contribution in [0.15, 0.2) is 23.2 Å². The minimum Gasteiger partial charge on any atom is -0.477 e. The highest BCUT2D eigenvalue weighted by atomic mass is 35.5. The molecule has 0 aliphatic carbocycles. The number of carboxylic acids is 1. The number of hydrogen-bond donors (Lipinski definition) is 2. The van der Waals surface area contributed by atoms with Crippen LogP contribution in [0.4, 0.5) is 4.79 Å². The Morgan fingerprint density at radius 2 is 2.17 bits per heavy atom. The first-order valence-electron chi connectivity index (χ1n) is 5.03. The van der Waals surface area contributed by atoms with Gasteiger partial charge < -0.3 is 10.4 Å². The lowest BCUT2D eigenvalue weighted by atomic mass is 10.00. The van der Waals surface area contributed by atoms with Crippen LogP contribution in [0.1, 0.15) is 18.0 Å². The van der Waals surface area contributed by atoms with Crippen LogP contribution in [-0.4, -0.2) is 22.8 Å². The smallest absolute Gasteiger partial charge is 0.350 e. The van der Waals surface area contributed by atoms with E-state index in [-0.39, 0.29) is 12.1 Å². The number of halogens is 2. The second-order valence-electron chi connectivity index (χ2n) is 3.74. The molecule has 0 bridgehead atoms. The fourth-order valence-electron chi connectivity index (χ4n) is 1.70. The van der Waals surface area contributed by atoms with Crippen LogP contribution in [0.5, 0.6) is 0 Å². The molecule has 0 spiro atoms. The molecule has 1 atom stereocenters. The first-order chi connectivity index (χ1) is 8.47. The highest BCUT2D eigenvalue weighted by Gasteiger charge is 2.27. The minimum atomic E-state index is -1.21. The van der Waals surface area contributed by atoms with Crippen molar-refractivity contribution < 1.29 is 14.7 Å². The third kappa shape index (κ3) is 2.63. The Kier molecular flexibility index (Phi) is 3.54. The molecule has 1 aliphatic heterocycles. The molecule has 0 saturated heterocycles. The number of benzene rings is 1. The van der Waals surface area contributed by atoms with Gasteiger partial charge in [0, 0.05) is 16.5 Å². The van der Waals surface area contributed by atoms with E-state index in [1.54, 1.807) is 12.1 Å². The van der Waals surface area contributed by atoms with Crippen molar-refractivity contribution in [2.45, 2.75) is 12.5 Å². The monoisotopic (exact) mass is 286 g/mol. The van der Waals surface area contributed by atoms with E-state index in [1.165, 1.54) is 6.07 Å². The Labute approximate surface area is 112 Å². The van der Waals surface area contributed by atoms with Crippen LogP contribution in [0.25, 0.3) is 0 Å². The summed E-state index contributed by atoms with van der Waals surface area (Å²) in [4.78, 5) is 25.6. The average molecular weight is 287 g/mol. The van der Waals surface area contributed by atoms with Crippen LogP contribution in [0.2, 0.25) is 10.0 Å². The van der Waals surface area contributed by atoms with E-state index in [2.05, 4.69) is 10.3 Å². The summed E-state index contributed by atoms with van der Waals surface area (Å²) >= 11 is 11.8. The van der Waals surface area contributed by atoms with Gasteiger partial charge in [0.25, 0.3) is 0 Å². The summed E-state index contributed by atoms with van der Waals surface area (Å²) in [6, 6.07) is 3.62. The van der Waals surface area contributed by atoms with Crippen LogP contribution >= 0.6 is 23.2 Å². The van der Waals surface area contributed by atoms with E-state index in [9.17, 15) is 9.59 Å². The molecule has 2 amide bonds. The predicted molar refractivity (Wildman–Crippen MR) is 67.4 cm³/mol. The SMILES string of the molecule is O=C1N=C(C(=O)O)CC(c2ccc(Cl)cc2Cl)N1. The number of hydrogen-bond acceptors (Lipinski definition) is 2. The summed E-state index contributed by atoms with van der Waals surface area (Å²) in [5, 5.41) is 12.3. The van der Waals surface area contributed by atoms with Gasteiger partial charge in [-0.2, -0.15) is 4.99 Å². The number of rotatable bonds is 2. The third-order valence-corrected chi connectivity index (χ3v) is 3.08. The Balaban J connectivity index is 2.33. The molecular formula is C11H8Cl2N2O3. The zero-order chi connectivity index (χ0) is 13.3. The summed E-state index contributed by atoms with van der Waals surface area (Å²) in [6.45, 7) is 0. The maximum atomic E-state index is 11.3. The summed E-state index contributed by atoms with van der Waals surface area (Å²) in [5.41, 5.74) is 0.429. The first-order valence-corrected chi connectivity index (χ1v) is 5.79. The molecule has 0 fully saturated rings. The maximum absolute atomic E-state index is 11.3. The maximum Gasteiger partial charge on any atom is 0.350 e. The van der Waals surface area contributed by atoms with Crippen molar-refractivity contribution in [1.82, 2.24) is 5.32 Å². The molecule has 1 aromatic rings. The Bertz CT molecular complexity index is 557. The van der Waals surface area contributed by atoms with Crippen LogP contribution in [0, 0.1) is 0 Å². The fourth-order valence-corrected chi connectivity index (χ4v) is 2.24. The first kappa shape index (κ1) is 12.9. The zero-order valence-electron chi connectivity index (χ0n) is 8.98. The van der Waals surface area contributed by atoms with Gasteiger partial charge in [0.15, 0.2) is 0 Å². The normalized spacial score (nSPS) is 19.1. The lowest BCUT2D eigenvalue weighted by molar-refractivity contribution is -0.129. The molecule has 2 N–H and O–H groups in total. The van der Waals surface area contributed by atoms with Crippen LogP contribution in [-0.2, 0) is 4.79 Å². The minimum absolute atomic E-state index is 0.0857. The zero-order valence-corrected chi connectivity index (χ0v) is 10.5. The molecular weight excluding hydrogens is 279 g/mol.